The van der Waals surface area contributed by atoms with Gasteiger partial charge in [-0.25, -0.2) is 8.78 Å². The number of amides is 1. The third-order valence-electron chi connectivity index (χ3n) is 5.58. The van der Waals surface area contributed by atoms with Crippen LogP contribution in [0.2, 0.25) is 0 Å². The Morgan fingerprint density at radius 1 is 1.16 bits per heavy atom. The third kappa shape index (κ3) is 3.13. The SMILES string of the molecule is O=C(O)C1(CNC(=O)C2(c3ccc(F)cc3F)CCC2)CCOCC1. The zero-order valence-electron chi connectivity index (χ0n) is 13.8. The molecular formula is C18H21F2NO4. The molecule has 5 nitrogen and oxygen atoms in total. The minimum Gasteiger partial charge on any atom is -0.481 e. The summed E-state index contributed by atoms with van der Waals surface area (Å²) in [4.78, 5) is 24.5. The van der Waals surface area contributed by atoms with E-state index in [1.54, 1.807) is 0 Å². The lowest BCUT2D eigenvalue weighted by atomic mass is 9.63. The normalized spacial score (nSPS) is 21.2. The van der Waals surface area contributed by atoms with Crippen LogP contribution in [0.4, 0.5) is 8.78 Å². The zero-order chi connectivity index (χ0) is 18.1. The standard InChI is InChI=1S/C18H21F2NO4/c19-12-2-3-13(14(20)10-12)18(4-1-5-18)15(22)21-11-17(16(23)24)6-8-25-9-7-17/h2-3,10H,1,4-9,11H2,(H,21,22)(H,23,24). The van der Waals surface area contributed by atoms with Crippen LogP contribution in [0.5, 0.6) is 0 Å². The van der Waals surface area contributed by atoms with Gasteiger partial charge in [-0.15, -0.1) is 0 Å². The molecule has 1 aromatic rings. The van der Waals surface area contributed by atoms with Gasteiger partial charge in [0.25, 0.3) is 0 Å². The molecule has 1 saturated carbocycles. The maximum absolute atomic E-state index is 14.2. The van der Waals surface area contributed by atoms with Gasteiger partial charge in [0, 0.05) is 31.4 Å². The number of aliphatic carboxylic acids is 1. The van der Waals surface area contributed by atoms with Crippen molar-refractivity contribution in [3.63, 3.8) is 0 Å². The smallest absolute Gasteiger partial charge is 0.311 e. The number of ether oxygens (including phenoxy) is 1. The number of carboxylic acid groups (broad SMARTS) is 1. The second-order valence-corrected chi connectivity index (χ2v) is 6.94. The van der Waals surface area contributed by atoms with Crippen molar-refractivity contribution < 1.29 is 28.2 Å². The van der Waals surface area contributed by atoms with E-state index in [1.807, 2.05) is 0 Å². The van der Waals surface area contributed by atoms with Crippen LogP contribution < -0.4 is 5.32 Å². The fourth-order valence-electron chi connectivity index (χ4n) is 3.67. The first-order chi connectivity index (χ1) is 11.9. The van der Waals surface area contributed by atoms with Gasteiger partial charge >= 0.3 is 5.97 Å². The van der Waals surface area contributed by atoms with Gasteiger partial charge in [-0.05, 0) is 31.7 Å². The summed E-state index contributed by atoms with van der Waals surface area (Å²) < 4.78 is 32.6. The molecular weight excluding hydrogens is 332 g/mol. The van der Waals surface area contributed by atoms with Crippen LogP contribution in [-0.2, 0) is 19.7 Å². The molecule has 7 heteroatoms. The number of benzene rings is 1. The highest BCUT2D eigenvalue weighted by Crippen LogP contribution is 2.45. The second kappa shape index (κ2) is 6.71. The summed E-state index contributed by atoms with van der Waals surface area (Å²) in [7, 11) is 0. The second-order valence-electron chi connectivity index (χ2n) is 6.94. The number of carboxylic acids is 1. The van der Waals surface area contributed by atoms with Gasteiger partial charge in [-0.3, -0.25) is 9.59 Å². The van der Waals surface area contributed by atoms with Gasteiger partial charge in [-0.1, -0.05) is 12.5 Å². The first-order valence-corrected chi connectivity index (χ1v) is 8.45. The Bertz CT molecular complexity index is 682. The largest absolute Gasteiger partial charge is 0.481 e. The first kappa shape index (κ1) is 17.8. The van der Waals surface area contributed by atoms with E-state index in [1.165, 1.54) is 6.07 Å². The molecule has 0 radical (unpaired) electrons. The van der Waals surface area contributed by atoms with Crippen molar-refractivity contribution in [2.45, 2.75) is 37.5 Å². The lowest BCUT2D eigenvalue weighted by molar-refractivity contribution is -0.155. The predicted octanol–water partition coefficient (Wildman–Crippen LogP) is 2.38. The number of halogens is 2. The molecule has 25 heavy (non-hydrogen) atoms. The Morgan fingerprint density at radius 2 is 1.84 bits per heavy atom. The highest BCUT2D eigenvalue weighted by Gasteiger charge is 2.48. The van der Waals surface area contributed by atoms with Gasteiger partial charge in [0.2, 0.25) is 5.91 Å². The van der Waals surface area contributed by atoms with Gasteiger partial charge in [0.05, 0.1) is 10.8 Å². The topological polar surface area (TPSA) is 75.6 Å². The van der Waals surface area contributed by atoms with E-state index in [0.717, 1.165) is 18.6 Å². The molecule has 136 valence electrons. The maximum Gasteiger partial charge on any atom is 0.311 e. The molecule has 3 rings (SSSR count). The highest BCUT2D eigenvalue weighted by atomic mass is 19.1. The molecule has 0 aromatic heterocycles. The van der Waals surface area contributed by atoms with Gasteiger partial charge in [0.1, 0.15) is 11.6 Å². The van der Waals surface area contributed by atoms with Crippen LogP contribution in [-0.4, -0.2) is 36.7 Å². The van der Waals surface area contributed by atoms with E-state index in [4.69, 9.17) is 4.74 Å². The predicted molar refractivity (Wildman–Crippen MR) is 85.0 cm³/mol. The molecule has 1 heterocycles. The number of carbonyl (C=O) groups is 2. The molecule has 2 aliphatic rings. The lowest BCUT2D eigenvalue weighted by Crippen LogP contribution is -2.54. The van der Waals surface area contributed by atoms with Gasteiger partial charge < -0.3 is 15.2 Å². The number of nitrogens with one attached hydrogen (secondary N) is 1. The van der Waals surface area contributed by atoms with Gasteiger partial charge in [-0.2, -0.15) is 0 Å². The third-order valence-corrected chi connectivity index (χ3v) is 5.58. The van der Waals surface area contributed by atoms with Crippen LogP contribution in [0.3, 0.4) is 0 Å². The molecule has 1 aromatic carbocycles. The molecule has 1 saturated heterocycles. The van der Waals surface area contributed by atoms with Crippen molar-refractivity contribution in [2.24, 2.45) is 5.41 Å². The number of carbonyl (C=O) groups excluding carboxylic acids is 1. The van der Waals surface area contributed by atoms with Crippen LogP contribution in [0, 0.1) is 17.0 Å². The summed E-state index contributed by atoms with van der Waals surface area (Å²) >= 11 is 0. The van der Waals surface area contributed by atoms with E-state index in [-0.39, 0.29) is 12.1 Å². The lowest BCUT2D eigenvalue weighted by Gasteiger charge is -2.42. The van der Waals surface area contributed by atoms with Crippen molar-refractivity contribution >= 4 is 11.9 Å². The summed E-state index contributed by atoms with van der Waals surface area (Å²) in [6.45, 7) is 0.648. The van der Waals surface area contributed by atoms with E-state index >= 15 is 0 Å². The van der Waals surface area contributed by atoms with E-state index in [0.29, 0.717) is 38.9 Å². The average Bonchev–Trinajstić information content (AvgIpc) is 2.54. The Labute approximate surface area is 144 Å². The monoisotopic (exact) mass is 353 g/mol. The quantitative estimate of drug-likeness (QED) is 0.852. The fourth-order valence-corrected chi connectivity index (χ4v) is 3.67. The number of rotatable bonds is 5. The summed E-state index contributed by atoms with van der Waals surface area (Å²) in [5.74, 6) is -2.79. The first-order valence-electron chi connectivity index (χ1n) is 8.45. The molecule has 0 spiro atoms. The van der Waals surface area contributed by atoms with Crippen LogP contribution in [0.15, 0.2) is 18.2 Å². The van der Waals surface area contributed by atoms with Crippen molar-refractivity contribution in [3.8, 4) is 0 Å². The number of hydrogen-bond acceptors (Lipinski definition) is 3. The summed E-state index contributed by atoms with van der Waals surface area (Å²) in [6, 6.07) is 3.23. The molecule has 1 aliphatic heterocycles. The van der Waals surface area contributed by atoms with Crippen molar-refractivity contribution in [3.05, 3.63) is 35.4 Å². The van der Waals surface area contributed by atoms with Gasteiger partial charge in [0.15, 0.2) is 0 Å². The number of hydrogen-bond donors (Lipinski definition) is 2. The minimum atomic E-state index is -1.06. The van der Waals surface area contributed by atoms with Crippen LogP contribution in [0.1, 0.15) is 37.7 Å². The maximum atomic E-state index is 14.2. The van der Waals surface area contributed by atoms with Crippen molar-refractivity contribution in [1.82, 2.24) is 5.32 Å². The summed E-state index contributed by atoms with van der Waals surface area (Å²) in [6.07, 6.45) is 2.33. The molecule has 2 fully saturated rings. The Morgan fingerprint density at radius 3 is 2.36 bits per heavy atom. The fraction of sp³-hybridized carbons (Fsp3) is 0.556. The van der Waals surface area contributed by atoms with Crippen LogP contribution >= 0.6 is 0 Å². The Hall–Kier alpha value is -2.02. The average molecular weight is 353 g/mol. The van der Waals surface area contributed by atoms with Crippen molar-refractivity contribution in [2.75, 3.05) is 19.8 Å². The minimum absolute atomic E-state index is 0.0188. The Balaban J connectivity index is 1.78. The van der Waals surface area contributed by atoms with E-state index in [2.05, 4.69) is 5.32 Å². The molecule has 2 N–H and O–H groups in total. The molecule has 1 aliphatic carbocycles. The molecule has 0 unspecified atom stereocenters. The van der Waals surface area contributed by atoms with E-state index < -0.39 is 34.3 Å². The van der Waals surface area contributed by atoms with Crippen molar-refractivity contribution in [1.29, 1.82) is 0 Å². The molecule has 0 bridgehead atoms. The molecule has 0 atom stereocenters. The zero-order valence-corrected chi connectivity index (χ0v) is 13.8. The Kier molecular flexibility index (Phi) is 4.77. The summed E-state index contributed by atoms with van der Waals surface area (Å²) in [5.41, 5.74) is -1.92. The molecule has 1 amide bonds. The van der Waals surface area contributed by atoms with Crippen LogP contribution in [0.25, 0.3) is 0 Å². The van der Waals surface area contributed by atoms with E-state index in [9.17, 15) is 23.5 Å². The highest BCUT2D eigenvalue weighted by molar-refractivity contribution is 5.90. The summed E-state index contributed by atoms with van der Waals surface area (Å²) in [5, 5.41) is 12.3.